The van der Waals surface area contributed by atoms with Crippen LogP contribution in [-0.4, -0.2) is 72.2 Å². The second kappa shape index (κ2) is 12.7. The first-order valence-corrected chi connectivity index (χ1v) is 14.5. The van der Waals surface area contributed by atoms with Gasteiger partial charge in [-0.2, -0.15) is 0 Å². The average molecular weight is 606 g/mol. The minimum Gasteiger partial charge on any atom is -0.378 e. The van der Waals surface area contributed by atoms with E-state index < -0.39 is 11.8 Å². The van der Waals surface area contributed by atoms with E-state index in [1.54, 1.807) is 50.6 Å². The molecule has 228 valence electrons. The van der Waals surface area contributed by atoms with Crippen molar-refractivity contribution < 1.29 is 18.7 Å². The fourth-order valence-corrected chi connectivity index (χ4v) is 5.19. The van der Waals surface area contributed by atoms with Gasteiger partial charge < -0.3 is 25.2 Å². The summed E-state index contributed by atoms with van der Waals surface area (Å²) in [5.74, 6) is 0.343. The van der Waals surface area contributed by atoms with Gasteiger partial charge in [0.1, 0.15) is 11.6 Å². The summed E-state index contributed by atoms with van der Waals surface area (Å²) in [7, 11) is 3.33. The Labute approximate surface area is 259 Å². The molecular formula is C34H32FN7O3. The summed E-state index contributed by atoms with van der Waals surface area (Å²) < 4.78 is 20.9. The van der Waals surface area contributed by atoms with Gasteiger partial charge in [-0.15, -0.1) is 0 Å². The molecule has 1 aliphatic rings. The van der Waals surface area contributed by atoms with Crippen molar-refractivity contribution >= 4 is 40.0 Å². The lowest BCUT2D eigenvalue weighted by molar-refractivity contribution is 0.0827. The zero-order valence-corrected chi connectivity index (χ0v) is 25.2. The standard InChI is InChI=1S/C34H32FN7O3/c1-21-12-13-36-20-27(21)23-6-10-26-30(19-23)38-31(40-32(26)42-14-16-45-17-15-42)24-7-11-29(28(35)18-24)39-34(44)37-25-8-4-22(5-9-25)33(43)41(2)3/h4-13,18-20H,14-17H2,1-3H3,(H2,37,39,44). The Hall–Kier alpha value is -5.42. The summed E-state index contributed by atoms with van der Waals surface area (Å²) in [6, 6.07) is 18.3. The summed E-state index contributed by atoms with van der Waals surface area (Å²) in [4.78, 5) is 42.4. The minimum absolute atomic E-state index is 0.000753. The highest BCUT2D eigenvalue weighted by molar-refractivity contribution is 6.01. The molecule has 0 spiro atoms. The molecule has 10 nitrogen and oxygen atoms in total. The van der Waals surface area contributed by atoms with Crippen molar-refractivity contribution in [2.45, 2.75) is 6.92 Å². The first-order chi connectivity index (χ1) is 21.8. The maximum atomic E-state index is 15.4. The van der Waals surface area contributed by atoms with Gasteiger partial charge in [-0.05, 0) is 78.7 Å². The van der Waals surface area contributed by atoms with Crippen molar-refractivity contribution in [1.29, 1.82) is 0 Å². The highest BCUT2D eigenvalue weighted by Crippen LogP contribution is 2.33. The number of rotatable bonds is 6. The number of hydrogen-bond donors (Lipinski definition) is 2. The van der Waals surface area contributed by atoms with E-state index in [0.717, 1.165) is 33.4 Å². The fraction of sp³-hybridized carbons (Fsp3) is 0.206. The van der Waals surface area contributed by atoms with E-state index >= 15 is 4.39 Å². The molecule has 3 amide bonds. The van der Waals surface area contributed by atoms with Gasteiger partial charge in [0.05, 0.1) is 24.4 Å². The van der Waals surface area contributed by atoms with Gasteiger partial charge in [0.15, 0.2) is 5.82 Å². The minimum atomic E-state index is -0.633. The van der Waals surface area contributed by atoms with Crippen molar-refractivity contribution in [2.75, 3.05) is 55.9 Å². The number of benzene rings is 3. The Morgan fingerprint density at radius 2 is 1.67 bits per heavy atom. The van der Waals surface area contributed by atoms with E-state index in [0.29, 0.717) is 48.9 Å². The van der Waals surface area contributed by atoms with Gasteiger partial charge in [-0.25, -0.2) is 19.2 Å². The zero-order chi connectivity index (χ0) is 31.5. The average Bonchev–Trinajstić information content (AvgIpc) is 3.05. The van der Waals surface area contributed by atoms with Crippen LogP contribution in [0.3, 0.4) is 0 Å². The molecule has 1 aliphatic heterocycles. The number of carbonyl (C=O) groups is 2. The van der Waals surface area contributed by atoms with Crippen LogP contribution in [-0.2, 0) is 4.74 Å². The lowest BCUT2D eigenvalue weighted by atomic mass is 10.0. The number of halogens is 1. The van der Waals surface area contributed by atoms with Crippen molar-refractivity contribution in [2.24, 2.45) is 0 Å². The molecule has 5 aromatic rings. The molecule has 45 heavy (non-hydrogen) atoms. The van der Waals surface area contributed by atoms with Gasteiger partial charge in [-0.1, -0.05) is 6.07 Å². The molecule has 1 fully saturated rings. The Kier molecular flexibility index (Phi) is 8.35. The third-order valence-electron chi connectivity index (χ3n) is 7.61. The molecule has 0 radical (unpaired) electrons. The van der Waals surface area contributed by atoms with Gasteiger partial charge in [0, 0.05) is 67.3 Å². The maximum absolute atomic E-state index is 15.4. The van der Waals surface area contributed by atoms with Crippen LogP contribution in [0.25, 0.3) is 33.4 Å². The monoisotopic (exact) mass is 605 g/mol. The smallest absolute Gasteiger partial charge is 0.323 e. The fourth-order valence-electron chi connectivity index (χ4n) is 5.19. The normalized spacial score (nSPS) is 13.0. The van der Waals surface area contributed by atoms with Gasteiger partial charge in [0.2, 0.25) is 0 Å². The molecule has 3 aromatic carbocycles. The molecule has 3 heterocycles. The molecule has 11 heteroatoms. The number of hydrogen-bond acceptors (Lipinski definition) is 7. The molecule has 6 rings (SSSR count). The van der Waals surface area contributed by atoms with Crippen LogP contribution in [0, 0.1) is 12.7 Å². The molecule has 2 aromatic heterocycles. The number of carbonyl (C=O) groups excluding carboxylic acids is 2. The first-order valence-electron chi connectivity index (χ1n) is 14.5. The highest BCUT2D eigenvalue weighted by Gasteiger charge is 2.20. The van der Waals surface area contributed by atoms with Crippen LogP contribution in [0.5, 0.6) is 0 Å². The van der Waals surface area contributed by atoms with Gasteiger partial charge in [0.25, 0.3) is 5.91 Å². The number of morpholine rings is 1. The summed E-state index contributed by atoms with van der Waals surface area (Å²) in [6.07, 6.45) is 3.60. The lowest BCUT2D eigenvalue weighted by Crippen LogP contribution is -2.37. The van der Waals surface area contributed by atoms with Crippen molar-refractivity contribution in [3.05, 3.63) is 96.1 Å². The molecule has 0 bridgehead atoms. The quantitative estimate of drug-likeness (QED) is 0.245. The van der Waals surface area contributed by atoms with Crippen molar-refractivity contribution in [3.8, 4) is 22.5 Å². The Balaban J connectivity index is 1.28. The van der Waals surface area contributed by atoms with Crippen LogP contribution < -0.4 is 15.5 Å². The van der Waals surface area contributed by atoms with Gasteiger partial charge in [-0.3, -0.25) is 9.78 Å². The number of aromatic nitrogens is 3. The summed E-state index contributed by atoms with van der Waals surface area (Å²) in [6.45, 7) is 4.56. The summed E-state index contributed by atoms with van der Waals surface area (Å²) in [5.41, 5.74) is 5.22. The molecule has 1 saturated heterocycles. The third kappa shape index (κ3) is 6.43. The number of amides is 3. The summed E-state index contributed by atoms with van der Waals surface area (Å²) >= 11 is 0. The Morgan fingerprint density at radius 3 is 2.38 bits per heavy atom. The van der Waals surface area contributed by atoms with Crippen LogP contribution in [0.4, 0.5) is 26.4 Å². The largest absolute Gasteiger partial charge is 0.378 e. The molecule has 0 atom stereocenters. The molecular weight excluding hydrogens is 573 g/mol. The van der Waals surface area contributed by atoms with Gasteiger partial charge >= 0.3 is 6.03 Å². The van der Waals surface area contributed by atoms with Crippen LogP contribution in [0.15, 0.2) is 79.1 Å². The Bertz CT molecular complexity index is 1890. The predicted molar refractivity (Wildman–Crippen MR) is 173 cm³/mol. The van der Waals surface area contributed by atoms with E-state index in [-0.39, 0.29) is 11.6 Å². The van der Waals surface area contributed by atoms with E-state index in [2.05, 4.69) is 20.5 Å². The number of nitrogens with zero attached hydrogens (tertiary/aromatic N) is 5. The highest BCUT2D eigenvalue weighted by atomic mass is 19.1. The third-order valence-corrected chi connectivity index (χ3v) is 7.61. The second-order valence-electron chi connectivity index (χ2n) is 10.9. The maximum Gasteiger partial charge on any atom is 0.323 e. The number of aryl methyl sites for hydroxylation is 1. The van der Waals surface area contributed by atoms with Crippen molar-refractivity contribution in [1.82, 2.24) is 19.9 Å². The molecule has 0 unspecified atom stereocenters. The summed E-state index contributed by atoms with van der Waals surface area (Å²) in [5, 5.41) is 6.10. The molecule has 0 saturated carbocycles. The van der Waals surface area contributed by atoms with E-state index in [4.69, 9.17) is 14.7 Å². The molecule has 2 N–H and O–H groups in total. The van der Waals surface area contributed by atoms with Crippen molar-refractivity contribution in [3.63, 3.8) is 0 Å². The van der Waals surface area contributed by atoms with E-state index in [1.807, 2.05) is 37.4 Å². The number of pyridine rings is 1. The van der Waals surface area contributed by atoms with Crippen LogP contribution in [0.1, 0.15) is 15.9 Å². The van der Waals surface area contributed by atoms with Crippen LogP contribution >= 0.6 is 0 Å². The number of nitrogens with one attached hydrogen (secondary N) is 2. The SMILES string of the molecule is Cc1ccncc1-c1ccc2c(N3CCOCC3)nc(-c3ccc(NC(=O)Nc4ccc(C(=O)N(C)C)cc4)c(F)c3)nc2c1. The number of urea groups is 1. The topological polar surface area (TPSA) is 113 Å². The number of ether oxygens (including phenoxy) is 1. The number of fused-ring (bicyclic) bond motifs is 1. The Morgan fingerprint density at radius 1 is 0.911 bits per heavy atom. The lowest BCUT2D eigenvalue weighted by Gasteiger charge is -2.29. The first kappa shape index (κ1) is 29.6. The van der Waals surface area contributed by atoms with Crippen LogP contribution in [0.2, 0.25) is 0 Å². The predicted octanol–water partition coefficient (Wildman–Crippen LogP) is 5.99. The second-order valence-corrected chi connectivity index (χ2v) is 10.9. The molecule has 0 aliphatic carbocycles. The van der Waals surface area contributed by atoms with E-state index in [9.17, 15) is 9.59 Å². The van der Waals surface area contributed by atoms with E-state index in [1.165, 1.54) is 17.0 Å². The number of anilines is 3. The zero-order valence-electron chi connectivity index (χ0n) is 25.2.